The van der Waals surface area contributed by atoms with Gasteiger partial charge in [0.2, 0.25) is 0 Å². The molecular formula is C18H30O3. The third-order valence-electron chi connectivity index (χ3n) is 3.19. The summed E-state index contributed by atoms with van der Waals surface area (Å²) in [6.07, 6.45) is 19.4. The molecule has 0 rings (SSSR count). The van der Waals surface area contributed by atoms with Crippen LogP contribution >= 0.6 is 0 Å². The van der Waals surface area contributed by atoms with Crippen LogP contribution in [0.15, 0.2) is 36.5 Å². The van der Waals surface area contributed by atoms with E-state index in [2.05, 4.69) is 19.1 Å². The third-order valence-corrected chi connectivity index (χ3v) is 3.19. The summed E-state index contributed by atoms with van der Waals surface area (Å²) in [5.41, 5.74) is 0. The average molecular weight is 294 g/mol. The van der Waals surface area contributed by atoms with E-state index in [0.717, 1.165) is 38.5 Å². The lowest BCUT2D eigenvalue weighted by molar-refractivity contribution is 0.0431. The molecule has 120 valence electrons. The molecule has 1 unspecified atom stereocenters. The van der Waals surface area contributed by atoms with Crippen LogP contribution in [0.25, 0.3) is 0 Å². The first-order valence-electron chi connectivity index (χ1n) is 8.04. The number of hydrogen-bond acceptors (Lipinski definition) is 2. The van der Waals surface area contributed by atoms with Gasteiger partial charge in [0.25, 0.3) is 0 Å². The number of carbonyl (C=O) groups is 1. The summed E-state index contributed by atoms with van der Waals surface area (Å²) in [7, 11) is 0. The van der Waals surface area contributed by atoms with Gasteiger partial charge in [0.1, 0.15) is 6.10 Å². The van der Waals surface area contributed by atoms with Crippen LogP contribution in [-0.4, -0.2) is 17.4 Å². The van der Waals surface area contributed by atoms with Gasteiger partial charge >= 0.3 is 6.16 Å². The fourth-order valence-corrected chi connectivity index (χ4v) is 2.13. The lowest BCUT2D eigenvalue weighted by atomic mass is 10.0. The minimum absolute atomic E-state index is 0.121. The van der Waals surface area contributed by atoms with E-state index in [1.807, 2.05) is 31.2 Å². The molecule has 3 nitrogen and oxygen atoms in total. The van der Waals surface area contributed by atoms with Crippen molar-refractivity contribution in [3.05, 3.63) is 36.5 Å². The van der Waals surface area contributed by atoms with Gasteiger partial charge in [-0.2, -0.15) is 0 Å². The molecule has 0 radical (unpaired) electrons. The Bertz CT molecular complexity index is 329. The first kappa shape index (κ1) is 19.5. The van der Waals surface area contributed by atoms with Crippen LogP contribution < -0.4 is 0 Å². The molecule has 0 fully saturated rings. The lowest BCUT2D eigenvalue weighted by Crippen LogP contribution is -2.16. The fraction of sp³-hybridized carbons (Fsp3) is 0.611. The van der Waals surface area contributed by atoms with Crippen molar-refractivity contribution < 1.29 is 14.6 Å². The zero-order valence-corrected chi connectivity index (χ0v) is 13.5. The van der Waals surface area contributed by atoms with Gasteiger partial charge in [-0.25, -0.2) is 4.79 Å². The summed E-state index contributed by atoms with van der Waals surface area (Å²) in [4.78, 5) is 10.5. The maximum Gasteiger partial charge on any atom is 0.506 e. The minimum atomic E-state index is -1.15. The zero-order chi connectivity index (χ0) is 15.8. The van der Waals surface area contributed by atoms with Crippen molar-refractivity contribution in [1.82, 2.24) is 0 Å². The highest BCUT2D eigenvalue weighted by Gasteiger charge is 2.11. The summed E-state index contributed by atoms with van der Waals surface area (Å²) in [5, 5.41) is 8.65. The molecular weight excluding hydrogens is 264 g/mol. The van der Waals surface area contributed by atoms with Gasteiger partial charge < -0.3 is 9.84 Å². The zero-order valence-electron chi connectivity index (χ0n) is 13.5. The van der Waals surface area contributed by atoms with Crippen LogP contribution in [0.1, 0.15) is 65.2 Å². The van der Waals surface area contributed by atoms with Crippen molar-refractivity contribution in [2.24, 2.45) is 0 Å². The molecule has 0 aromatic rings. The Balaban J connectivity index is 3.55. The summed E-state index contributed by atoms with van der Waals surface area (Å²) in [6, 6.07) is 0. The SMILES string of the molecule is CC=CC=CC=CCCCCCCC(CCC)OC(=O)O. The highest BCUT2D eigenvalue weighted by Crippen LogP contribution is 2.13. The molecule has 0 aliphatic rings. The molecule has 1 N–H and O–H groups in total. The first-order valence-corrected chi connectivity index (χ1v) is 8.04. The Morgan fingerprint density at radius 2 is 1.76 bits per heavy atom. The Kier molecular flexibility index (Phi) is 13.8. The van der Waals surface area contributed by atoms with E-state index in [1.54, 1.807) is 0 Å². The van der Waals surface area contributed by atoms with Crippen LogP contribution in [0, 0.1) is 0 Å². The molecule has 0 aromatic carbocycles. The molecule has 0 aliphatic heterocycles. The summed E-state index contributed by atoms with van der Waals surface area (Å²) in [5.74, 6) is 0. The Hall–Kier alpha value is -1.51. The van der Waals surface area contributed by atoms with Crippen molar-refractivity contribution >= 4 is 6.16 Å². The summed E-state index contributed by atoms with van der Waals surface area (Å²) >= 11 is 0. The predicted molar refractivity (Wildman–Crippen MR) is 88.6 cm³/mol. The van der Waals surface area contributed by atoms with Crippen molar-refractivity contribution in [2.75, 3.05) is 0 Å². The van der Waals surface area contributed by atoms with E-state index >= 15 is 0 Å². The van der Waals surface area contributed by atoms with Gasteiger partial charge in [0.15, 0.2) is 0 Å². The molecule has 0 bridgehead atoms. The molecule has 1 atom stereocenters. The van der Waals surface area contributed by atoms with Gasteiger partial charge in [0.05, 0.1) is 0 Å². The number of allylic oxidation sites excluding steroid dienone is 6. The van der Waals surface area contributed by atoms with Gasteiger partial charge in [-0.15, -0.1) is 0 Å². The molecule has 0 spiro atoms. The number of hydrogen-bond donors (Lipinski definition) is 1. The highest BCUT2D eigenvalue weighted by atomic mass is 16.7. The second-order valence-electron chi connectivity index (χ2n) is 5.12. The Morgan fingerprint density at radius 3 is 2.43 bits per heavy atom. The van der Waals surface area contributed by atoms with E-state index in [1.165, 1.54) is 12.8 Å². The topological polar surface area (TPSA) is 46.5 Å². The van der Waals surface area contributed by atoms with Gasteiger partial charge in [0, 0.05) is 0 Å². The van der Waals surface area contributed by atoms with Crippen molar-refractivity contribution in [3.63, 3.8) is 0 Å². The summed E-state index contributed by atoms with van der Waals surface area (Å²) in [6.45, 7) is 4.05. The average Bonchev–Trinajstić information content (AvgIpc) is 2.44. The van der Waals surface area contributed by atoms with E-state index in [9.17, 15) is 4.79 Å². The van der Waals surface area contributed by atoms with Crippen molar-refractivity contribution in [3.8, 4) is 0 Å². The van der Waals surface area contributed by atoms with E-state index in [4.69, 9.17) is 9.84 Å². The first-order chi connectivity index (χ1) is 10.2. The minimum Gasteiger partial charge on any atom is -0.450 e. The Labute approximate surface area is 129 Å². The fourth-order valence-electron chi connectivity index (χ4n) is 2.13. The number of rotatable bonds is 12. The highest BCUT2D eigenvalue weighted by molar-refractivity contribution is 5.57. The second kappa shape index (κ2) is 14.9. The monoisotopic (exact) mass is 294 g/mol. The lowest BCUT2D eigenvalue weighted by Gasteiger charge is -2.14. The standard InChI is InChI=1S/C18H30O3/c1-3-5-6-7-8-9-10-11-12-13-14-16-17(15-4-2)21-18(19)20/h3,5-9,17H,4,10-16H2,1-2H3,(H,19,20). The van der Waals surface area contributed by atoms with E-state index < -0.39 is 6.16 Å². The van der Waals surface area contributed by atoms with E-state index in [0.29, 0.717) is 0 Å². The maximum absolute atomic E-state index is 10.5. The molecule has 21 heavy (non-hydrogen) atoms. The van der Waals surface area contributed by atoms with Crippen molar-refractivity contribution in [2.45, 2.75) is 71.3 Å². The largest absolute Gasteiger partial charge is 0.506 e. The van der Waals surface area contributed by atoms with Crippen molar-refractivity contribution in [1.29, 1.82) is 0 Å². The number of ether oxygens (including phenoxy) is 1. The molecule has 0 amide bonds. The maximum atomic E-state index is 10.5. The van der Waals surface area contributed by atoms with Crippen LogP contribution in [0.5, 0.6) is 0 Å². The van der Waals surface area contributed by atoms with Gasteiger partial charge in [-0.05, 0) is 39.0 Å². The quantitative estimate of drug-likeness (QED) is 0.278. The van der Waals surface area contributed by atoms with Gasteiger partial charge in [-0.1, -0.05) is 62.6 Å². The van der Waals surface area contributed by atoms with E-state index in [-0.39, 0.29) is 6.10 Å². The third kappa shape index (κ3) is 14.7. The Morgan fingerprint density at radius 1 is 1.05 bits per heavy atom. The smallest absolute Gasteiger partial charge is 0.450 e. The second-order valence-corrected chi connectivity index (χ2v) is 5.12. The van der Waals surface area contributed by atoms with Crippen LogP contribution in [0.4, 0.5) is 4.79 Å². The molecule has 0 aliphatic carbocycles. The van der Waals surface area contributed by atoms with Crippen LogP contribution in [0.3, 0.4) is 0 Å². The molecule has 0 heterocycles. The molecule has 0 saturated carbocycles. The number of carboxylic acid groups (broad SMARTS) is 1. The van der Waals surface area contributed by atoms with Crippen LogP contribution in [0.2, 0.25) is 0 Å². The predicted octanol–water partition coefficient (Wildman–Crippen LogP) is 5.88. The van der Waals surface area contributed by atoms with Gasteiger partial charge in [-0.3, -0.25) is 0 Å². The normalized spacial score (nSPS) is 13.4. The number of unbranched alkanes of at least 4 members (excludes halogenated alkanes) is 4. The molecule has 3 heteroatoms. The molecule has 0 aromatic heterocycles. The van der Waals surface area contributed by atoms with Crippen LogP contribution in [-0.2, 0) is 4.74 Å². The molecule has 0 saturated heterocycles. The summed E-state index contributed by atoms with van der Waals surface area (Å²) < 4.78 is 4.87.